The molecule has 2 heterocycles. The third-order valence-corrected chi connectivity index (χ3v) is 4.79. The Labute approximate surface area is 147 Å². The Morgan fingerprint density at radius 2 is 1.76 bits per heavy atom. The first-order valence-electron chi connectivity index (χ1n) is 8.61. The monoisotopic (exact) mass is 328 g/mol. The zero-order chi connectivity index (χ0) is 17.2. The maximum absolute atomic E-state index is 12.3. The van der Waals surface area contributed by atoms with Crippen LogP contribution in [-0.4, -0.2) is 10.8 Å². The van der Waals surface area contributed by atoms with Crippen LogP contribution in [0.3, 0.4) is 0 Å². The van der Waals surface area contributed by atoms with Crippen LogP contribution in [0.15, 0.2) is 66.9 Å². The number of nitrogens with zero attached hydrogens (tertiary/aromatic N) is 1. The number of carbonyl (C=O) groups excluding carboxylic acids is 1. The first-order valence-corrected chi connectivity index (χ1v) is 8.61. The van der Waals surface area contributed by atoms with E-state index in [2.05, 4.69) is 46.7 Å². The summed E-state index contributed by atoms with van der Waals surface area (Å²) < 4.78 is 0. The summed E-state index contributed by atoms with van der Waals surface area (Å²) in [5, 5.41) is 3.45. The molecule has 0 bridgehead atoms. The van der Waals surface area contributed by atoms with E-state index in [-0.39, 0.29) is 5.78 Å². The van der Waals surface area contributed by atoms with Crippen LogP contribution in [0.25, 0.3) is 11.1 Å². The number of rotatable bonds is 2. The smallest absolute Gasteiger partial charge is 0.158 e. The van der Waals surface area contributed by atoms with Gasteiger partial charge >= 0.3 is 0 Å². The van der Waals surface area contributed by atoms with Gasteiger partial charge in [0.2, 0.25) is 0 Å². The fraction of sp³-hybridized carbons (Fsp3) is 0.182. The van der Waals surface area contributed by atoms with E-state index in [0.717, 1.165) is 35.3 Å². The van der Waals surface area contributed by atoms with E-state index >= 15 is 0 Å². The molecule has 0 aliphatic carbocycles. The third kappa shape index (κ3) is 3.05. The number of Topliss-reactive ketones (excluding diaryl/α,β-unsaturated/α-hetero) is 1. The molecule has 124 valence electrons. The van der Waals surface area contributed by atoms with E-state index in [1.165, 1.54) is 11.1 Å². The number of aromatic nitrogens is 1. The van der Waals surface area contributed by atoms with Crippen molar-refractivity contribution in [1.82, 2.24) is 4.98 Å². The van der Waals surface area contributed by atoms with Crippen molar-refractivity contribution < 1.29 is 4.79 Å². The summed E-state index contributed by atoms with van der Waals surface area (Å²) in [6, 6.07) is 20.4. The number of anilines is 1. The molecular formula is C22H20N2O. The van der Waals surface area contributed by atoms with Crippen LogP contribution in [0, 0.1) is 0 Å². The fourth-order valence-electron chi connectivity index (χ4n) is 3.45. The number of fused-ring (bicyclic) bond motifs is 2. The van der Waals surface area contributed by atoms with Gasteiger partial charge in [-0.15, -0.1) is 0 Å². The zero-order valence-electron chi connectivity index (χ0n) is 14.2. The number of pyridine rings is 1. The van der Waals surface area contributed by atoms with Crippen LogP contribution < -0.4 is 5.32 Å². The van der Waals surface area contributed by atoms with Gasteiger partial charge in [-0.2, -0.15) is 0 Å². The molecule has 0 saturated heterocycles. The number of aryl methyl sites for hydroxylation is 2. The lowest BCUT2D eigenvalue weighted by atomic mass is 9.92. The van der Waals surface area contributed by atoms with Gasteiger partial charge in [-0.25, -0.2) is 0 Å². The predicted octanol–water partition coefficient (Wildman–Crippen LogP) is 4.59. The molecular weight excluding hydrogens is 308 g/mol. The standard InChI is InChI=1S/C22H20N2O/c1-15(25)21-22-18(8-5-13-23-22)11-9-17-10-12-19(14-20(17)24-21)16-6-3-2-4-7-16/h2-8,10,12-14,21,24H,9,11H2,1H3. The van der Waals surface area contributed by atoms with Crippen molar-refractivity contribution in [3.63, 3.8) is 0 Å². The molecule has 3 nitrogen and oxygen atoms in total. The second-order valence-electron chi connectivity index (χ2n) is 6.47. The van der Waals surface area contributed by atoms with Crippen LogP contribution in [0.5, 0.6) is 0 Å². The van der Waals surface area contributed by atoms with Gasteiger partial charge in [-0.05, 0) is 54.2 Å². The van der Waals surface area contributed by atoms with Crippen LogP contribution in [0.1, 0.15) is 29.8 Å². The number of carbonyl (C=O) groups is 1. The molecule has 1 aliphatic rings. The maximum atomic E-state index is 12.3. The number of hydrogen-bond acceptors (Lipinski definition) is 3. The molecule has 2 aromatic carbocycles. The topological polar surface area (TPSA) is 42.0 Å². The molecule has 1 atom stereocenters. The molecule has 1 unspecified atom stereocenters. The summed E-state index contributed by atoms with van der Waals surface area (Å²) in [6.07, 6.45) is 3.59. The lowest BCUT2D eigenvalue weighted by molar-refractivity contribution is -0.117. The van der Waals surface area contributed by atoms with Gasteiger partial charge in [0.1, 0.15) is 6.04 Å². The van der Waals surface area contributed by atoms with E-state index in [0.29, 0.717) is 0 Å². The van der Waals surface area contributed by atoms with Gasteiger partial charge in [-0.1, -0.05) is 48.5 Å². The minimum Gasteiger partial charge on any atom is -0.370 e. The second-order valence-corrected chi connectivity index (χ2v) is 6.47. The average molecular weight is 328 g/mol. The molecule has 0 saturated carbocycles. The van der Waals surface area contributed by atoms with Gasteiger partial charge in [-0.3, -0.25) is 9.78 Å². The van der Waals surface area contributed by atoms with E-state index in [9.17, 15) is 4.79 Å². The van der Waals surface area contributed by atoms with Crippen molar-refractivity contribution >= 4 is 11.5 Å². The van der Waals surface area contributed by atoms with Crippen LogP contribution in [0.2, 0.25) is 0 Å². The highest BCUT2D eigenvalue weighted by Gasteiger charge is 2.24. The molecule has 4 rings (SSSR count). The molecule has 1 N–H and O–H groups in total. The molecule has 0 spiro atoms. The Balaban J connectivity index is 1.78. The average Bonchev–Trinajstić information content (AvgIpc) is 2.64. The minimum atomic E-state index is -0.402. The van der Waals surface area contributed by atoms with E-state index in [4.69, 9.17) is 0 Å². The Kier molecular flexibility index (Phi) is 4.06. The molecule has 0 radical (unpaired) electrons. The lowest BCUT2D eigenvalue weighted by Gasteiger charge is -2.25. The Hall–Kier alpha value is -2.94. The summed E-state index contributed by atoms with van der Waals surface area (Å²) in [7, 11) is 0. The van der Waals surface area contributed by atoms with Crippen LogP contribution in [0.4, 0.5) is 5.69 Å². The van der Waals surface area contributed by atoms with E-state index in [1.807, 2.05) is 24.3 Å². The van der Waals surface area contributed by atoms with Crippen molar-refractivity contribution in [2.75, 3.05) is 5.32 Å². The molecule has 1 aliphatic heterocycles. The molecule has 25 heavy (non-hydrogen) atoms. The van der Waals surface area contributed by atoms with Gasteiger partial charge in [0.15, 0.2) is 5.78 Å². The maximum Gasteiger partial charge on any atom is 0.158 e. The van der Waals surface area contributed by atoms with Gasteiger partial charge in [0, 0.05) is 11.9 Å². The van der Waals surface area contributed by atoms with Crippen molar-refractivity contribution in [2.45, 2.75) is 25.8 Å². The highest BCUT2D eigenvalue weighted by Crippen LogP contribution is 2.32. The molecule has 3 aromatic rings. The van der Waals surface area contributed by atoms with Gasteiger partial charge < -0.3 is 5.32 Å². The van der Waals surface area contributed by atoms with Crippen molar-refractivity contribution in [3.05, 3.63) is 83.7 Å². The van der Waals surface area contributed by atoms with Gasteiger partial charge in [0.05, 0.1) is 5.69 Å². The number of hydrogen-bond donors (Lipinski definition) is 1. The quantitative estimate of drug-likeness (QED) is 0.748. The highest BCUT2D eigenvalue weighted by atomic mass is 16.1. The highest BCUT2D eigenvalue weighted by molar-refractivity contribution is 5.86. The van der Waals surface area contributed by atoms with Crippen LogP contribution >= 0.6 is 0 Å². The largest absolute Gasteiger partial charge is 0.370 e. The molecule has 3 heteroatoms. The molecule has 1 aromatic heterocycles. The lowest BCUT2D eigenvalue weighted by Crippen LogP contribution is -2.24. The van der Waals surface area contributed by atoms with Crippen LogP contribution in [-0.2, 0) is 17.6 Å². The van der Waals surface area contributed by atoms with E-state index in [1.54, 1.807) is 13.1 Å². The SMILES string of the molecule is CC(=O)C1Nc2cc(-c3ccccc3)ccc2CCc2cccnc21. The number of ketones is 1. The van der Waals surface area contributed by atoms with Crippen molar-refractivity contribution in [3.8, 4) is 11.1 Å². The summed E-state index contributed by atoms with van der Waals surface area (Å²) >= 11 is 0. The Morgan fingerprint density at radius 1 is 0.960 bits per heavy atom. The fourth-order valence-corrected chi connectivity index (χ4v) is 3.45. The summed E-state index contributed by atoms with van der Waals surface area (Å²) in [5.74, 6) is 0.0814. The second kappa shape index (κ2) is 6.52. The molecule has 0 fully saturated rings. The zero-order valence-corrected chi connectivity index (χ0v) is 14.2. The van der Waals surface area contributed by atoms with Crippen molar-refractivity contribution in [1.29, 1.82) is 0 Å². The predicted molar refractivity (Wildman–Crippen MR) is 101 cm³/mol. The summed E-state index contributed by atoms with van der Waals surface area (Å²) in [5.41, 5.74) is 6.58. The normalized spacial score (nSPS) is 16.0. The minimum absolute atomic E-state index is 0.0814. The third-order valence-electron chi connectivity index (χ3n) is 4.79. The van der Waals surface area contributed by atoms with E-state index < -0.39 is 6.04 Å². The number of benzene rings is 2. The summed E-state index contributed by atoms with van der Waals surface area (Å²) in [6.45, 7) is 1.62. The molecule has 0 amide bonds. The first-order chi connectivity index (χ1) is 12.2. The Morgan fingerprint density at radius 3 is 2.56 bits per heavy atom. The van der Waals surface area contributed by atoms with Gasteiger partial charge in [0.25, 0.3) is 0 Å². The first kappa shape index (κ1) is 15.6. The number of nitrogens with one attached hydrogen (secondary N) is 1. The Bertz CT molecular complexity index is 918. The van der Waals surface area contributed by atoms with Crippen molar-refractivity contribution in [2.24, 2.45) is 0 Å². The summed E-state index contributed by atoms with van der Waals surface area (Å²) in [4.78, 5) is 16.8.